The quantitative estimate of drug-likeness (QED) is 0.154. The third-order valence-corrected chi connectivity index (χ3v) is 7.06. The molecule has 0 saturated carbocycles. The van der Waals surface area contributed by atoms with Crippen molar-refractivity contribution in [2.45, 2.75) is 49.7 Å². The number of aromatic amines is 1. The summed E-state index contributed by atoms with van der Waals surface area (Å²) in [5.74, 6) is -0.369. The molecular formula is C18H24N9O10P. The van der Waals surface area contributed by atoms with Crippen LogP contribution in [0.15, 0.2) is 22.2 Å². The monoisotopic (exact) mass is 557 g/mol. The Morgan fingerprint density at radius 1 is 1.11 bits per heavy atom. The number of H-pyrrole nitrogens is 1. The topological polar surface area (TPSA) is 278 Å². The van der Waals surface area contributed by atoms with Crippen molar-refractivity contribution in [3.63, 3.8) is 0 Å². The lowest BCUT2D eigenvalue weighted by Crippen LogP contribution is -2.30. The third kappa shape index (κ3) is 5.18. The number of aliphatic hydroxyl groups excluding tert-OH is 2. The van der Waals surface area contributed by atoms with E-state index in [1.165, 1.54) is 10.9 Å². The van der Waals surface area contributed by atoms with Gasteiger partial charge in [0.15, 0.2) is 11.2 Å². The fourth-order valence-electron chi connectivity index (χ4n) is 4.26. The van der Waals surface area contributed by atoms with E-state index in [4.69, 9.17) is 30.0 Å². The van der Waals surface area contributed by atoms with Crippen LogP contribution < -0.4 is 22.7 Å². The minimum absolute atomic E-state index is 0.00472. The highest BCUT2D eigenvalue weighted by Crippen LogP contribution is 2.49. The predicted molar refractivity (Wildman–Crippen MR) is 124 cm³/mol. The molecule has 0 bridgehead atoms. The SMILES string of the molecule is Nc1ncn(C2CC(O)C(COP(=O)(O)OC3CC(n4cnc5c(=O)[nH]c(N)nc54)OC3CO)O2)c(=O)n1. The van der Waals surface area contributed by atoms with E-state index in [1.807, 2.05) is 0 Å². The van der Waals surface area contributed by atoms with Crippen LogP contribution in [-0.2, 0) is 23.1 Å². The second kappa shape index (κ2) is 10.1. The molecule has 2 saturated heterocycles. The molecule has 7 unspecified atom stereocenters. The Bertz CT molecular complexity index is 1490. The van der Waals surface area contributed by atoms with Gasteiger partial charge in [0.1, 0.15) is 37.1 Å². The van der Waals surface area contributed by atoms with Gasteiger partial charge in [0.2, 0.25) is 11.9 Å². The number of anilines is 2. The number of ether oxygens (including phenoxy) is 2. The van der Waals surface area contributed by atoms with E-state index in [0.717, 1.165) is 10.9 Å². The van der Waals surface area contributed by atoms with Crippen LogP contribution >= 0.6 is 7.82 Å². The van der Waals surface area contributed by atoms with Crippen molar-refractivity contribution in [3.8, 4) is 0 Å². The average molecular weight is 557 g/mol. The number of aromatic nitrogens is 7. The molecule has 0 amide bonds. The maximum absolute atomic E-state index is 12.7. The molecule has 206 valence electrons. The molecule has 3 aromatic rings. The van der Waals surface area contributed by atoms with Crippen LogP contribution in [0.5, 0.6) is 0 Å². The van der Waals surface area contributed by atoms with Crippen LogP contribution in [0.25, 0.3) is 11.2 Å². The molecule has 8 N–H and O–H groups in total. The summed E-state index contributed by atoms with van der Waals surface area (Å²) in [6.07, 6.45) is -3.86. The zero-order chi connectivity index (χ0) is 27.2. The second-order valence-electron chi connectivity index (χ2n) is 8.57. The highest BCUT2D eigenvalue weighted by molar-refractivity contribution is 7.47. The number of imidazole rings is 1. The fraction of sp³-hybridized carbons (Fsp3) is 0.556. The van der Waals surface area contributed by atoms with E-state index < -0.39 is 69.2 Å². The number of nitrogens with two attached hydrogens (primary N) is 2. The van der Waals surface area contributed by atoms with Gasteiger partial charge in [0.25, 0.3) is 5.56 Å². The first-order chi connectivity index (χ1) is 18.0. The number of aliphatic hydroxyl groups is 2. The van der Waals surface area contributed by atoms with E-state index in [9.17, 15) is 29.3 Å². The number of phosphoric ester groups is 1. The summed E-state index contributed by atoms with van der Waals surface area (Å²) in [7, 11) is -4.75. The smallest absolute Gasteiger partial charge is 0.394 e. The van der Waals surface area contributed by atoms with Crippen LogP contribution in [-0.4, -0.2) is 86.8 Å². The van der Waals surface area contributed by atoms with Crippen molar-refractivity contribution in [2.75, 3.05) is 24.7 Å². The summed E-state index contributed by atoms with van der Waals surface area (Å²) < 4.78 is 36.7. The summed E-state index contributed by atoms with van der Waals surface area (Å²) >= 11 is 0. The molecular weight excluding hydrogens is 533 g/mol. The molecule has 2 aliphatic heterocycles. The number of nitrogens with zero attached hydrogens (tertiary/aromatic N) is 6. The number of rotatable bonds is 8. The van der Waals surface area contributed by atoms with Crippen LogP contribution in [0.3, 0.4) is 0 Å². The summed E-state index contributed by atoms with van der Waals surface area (Å²) in [5.41, 5.74) is 9.79. The van der Waals surface area contributed by atoms with E-state index in [2.05, 4.69) is 24.9 Å². The van der Waals surface area contributed by atoms with Crippen molar-refractivity contribution >= 4 is 30.9 Å². The number of fused-ring (bicyclic) bond motifs is 1. The van der Waals surface area contributed by atoms with Crippen LogP contribution in [0, 0.1) is 0 Å². The molecule has 2 aliphatic rings. The van der Waals surface area contributed by atoms with E-state index >= 15 is 0 Å². The highest BCUT2D eigenvalue weighted by Gasteiger charge is 2.43. The lowest BCUT2D eigenvalue weighted by atomic mass is 10.2. The standard InChI is InChI=1S/C18H24N9O10P/c19-16-22-6-27(18(31)25-16)11-1-7(29)10(36-11)4-34-38(32,33)37-8-2-12(35-9(8)3-28)26-5-21-13-14(26)23-17(20)24-15(13)30/h5-12,28-29H,1-4H2,(H,32,33)(H2,19,25,31)(H3,20,23,24,30). The van der Waals surface area contributed by atoms with Crippen LogP contribution in [0.4, 0.5) is 11.9 Å². The first-order valence-electron chi connectivity index (χ1n) is 11.2. The maximum Gasteiger partial charge on any atom is 0.472 e. The molecule has 7 atom stereocenters. The van der Waals surface area contributed by atoms with Gasteiger partial charge >= 0.3 is 13.5 Å². The van der Waals surface area contributed by atoms with Gasteiger partial charge in [-0.15, -0.1) is 0 Å². The zero-order valence-corrected chi connectivity index (χ0v) is 20.3. The first-order valence-corrected chi connectivity index (χ1v) is 12.7. The number of nitrogen functional groups attached to an aromatic ring is 2. The van der Waals surface area contributed by atoms with Gasteiger partial charge in [-0.3, -0.25) is 28.0 Å². The van der Waals surface area contributed by atoms with Gasteiger partial charge in [-0.05, 0) is 0 Å². The Hall–Kier alpha value is -3.29. The van der Waals surface area contributed by atoms with Crippen molar-refractivity contribution in [2.24, 2.45) is 0 Å². The molecule has 0 radical (unpaired) electrons. The van der Waals surface area contributed by atoms with Crippen LogP contribution in [0.2, 0.25) is 0 Å². The lowest BCUT2D eigenvalue weighted by Gasteiger charge is -2.21. The molecule has 0 spiro atoms. The molecule has 20 heteroatoms. The Labute approximate surface area is 211 Å². The lowest BCUT2D eigenvalue weighted by molar-refractivity contribution is -0.0568. The summed E-state index contributed by atoms with van der Waals surface area (Å²) in [6.45, 7) is -1.12. The molecule has 38 heavy (non-hydrogen) atoms. The number of nitrogens with one attached hydrogen (secondary N) is 1. The average Bonchev–Trinajstić information content (AvgIpc) is 3.54. The Balaban J connectivity index is 1.23. The van der Waals surface area contributed by atoms with Crippen molar-refractivity contribution in [3.05, 3.63) is 33.5 Å². The van der Waals surface area contributed by atoms with Crippen LogP contribution in [0.1, 0.15) is 25.3 Å². The molecule has 0 aromatic carbocycles. The van der Waals surface area contributed by atoms with Gasteiger partial charge in [-0.1, -0.05) is 0 Å². The summed E-state index contributed by atoms with van der Waals surface area (Å²) in [6, 6.07) is 0. The Morgan fingerprint density at radius 3 is 2.55 bits per heavy atom. The first kappa shape index (κ1) is 26.3. The highest BCUT2D eigenvalue weighted by atomic mass is 31.2. The molecule has 2 fully saturated rings. The second-order valence-corrected chi connectivity index (χ2v) is 9.97. The molecule has 3 aromatic heterocycles. The minimum Gasteiger partial charge on any atom is -0.394 e. The van der Waals surface area contributed by atoms with Gasteiger partial charge in [-0.25, -0.2) is 19.3 Å². The zero-order valence-electron chi connectivity index (χ0n) is 19.4. The van der Waals surface area contributed by atoms with Crippen molar-refractivity contribution < 1.29 is 38.2 Å². The van der Waals surface area contributed by atoms with Crippen molar-refractivity contribution in [1.82, 2.24) is 34.1 Å². The fourth-order valence-corrected chi connectivity index (χ4v) is 5.22. The number of hydrogen-bond acceptors (Lipinski definition) is 15. The Morgan fingerprint density at radius 2 is 1.82 bits per heavy atom. The van der Waals surface area contributed by atoms with E-state index in [-0.39, 0.29) is 35.9 Å². The van der Waals surface area contributed by atoms with Gasteiger partial charge < -0.3 is 36.0 Å². The minimum atomic E-state index is -4.75. The van der Waals surface area contributed by atoms with Gasteiger partial charge in [0.05, 0.1) is 25.6 Å². The maximum atomic E-state index is 12.7. The Kier molecular flexibility index (Phi) is 7.01. The third-order valence-electron chi connectivity index (χ3n) is 6.05. The normalized spacial score (nSPS) is 29.1. The molecule has 5 rings (SSSR count). The van der Waals surface area contributed by atoms with E-state index in [0.29, 0.717) is 0 Å². The number of hydrogen-bond donors (Lipinski definition) is 6. The summed E-state index contributed by atoms with van der Waals surface area (Å²) in [5, 5.41) is 20.0. The van der Waals surface area contributed by atoms with Gasteiger partial charge in [0, 0.05) is 12.8 Å². The van der Waals surface area contributed by atoms with Crippen molar-refractivity contribution in [1.29, 1.82) is 0 Å². The summed E-state index contributed by atoms with van der Waals surface area (Å²) in [4.78, 5) is 51.9. The van der Waals surface area contributed by atoms with Gasteiger partial charge in [-0.2, -0.15) is 9.97 Å². The predicted octanol–water partition coefficient (Wildman–Crippen LogP) is -2.63. The molecule has 0 aliphatic carbocycles. The van der Waals surface area contributed by atoms with E-state index in [1.54, 1.807) is 0 Å². The largest absolute Gasteiger partial charge is 0.472 e. The number of phosphoric acid groups is 1. The molecule has 19 nitrogen and oxygen atoms in total. The molecule has 5 heterocycles.